The van der Waals surface area contributed by atoms with E-state index in [1.165, 1.54) is 24.3 Å². The van der Waals surface area contributed by atoms with Crippen LogP contribution in [-0.4, -0.2) is 18.0 Å². The first-order valence-electron chi connectivity index (χ1n) is 9.37. The number of alkyl halides is 3. The largest absolute Gasteiger partial charge is 0.417 e. The van der Waals surface area contributed by atoms with Gasteiger partial charge in [0.05, 0.1) is 5.57 Å². The van der Waals surface area contributed by atoms with Crippen molar-refractivity contribution in [3.63, 3.8) is 0 Å². The lowest BCUT2D eigenvalue weighted by atomic mass is 10.0. The molecule has 0 saturated heterocycles. The average Bonchev–Trinajstić information content (AvgIpc) is 2.75. The van der Waals surface area contributed by atoms with Crippen molar-refractivity contribution in [2.24, 2.45) is 0 Å². The van der Waals surface area contributed by atoms with Crippen molar-refractivity contribution in [3.8, 4) is 0 Å². The Hall–Kier alpha value is -3.87. The maximum atomic E-state index is 13.5. The van der Waals surface area contributed by atoms with Crippen LogP contribution in [0.1, 0.15) is 21.5 Å². The molecule has 0 saturated carbocycles. The van der Waals surface area contributed by atoms with E-state index in [0.717, 1.165) is 0 Å². The van der Waals surface area contributed by atoms with Crippen LogP contribution >= 0.6 is 0 Å². The van der Waals surface area contributed by atoms with Crippen LogP contribution in [0.25, 0.3) is 5.57 Å². The smallest absolute Gasteiger partial charge is 0.322 e. The van der Waals surface area contributed by atoms with E-state index in [0.29, 0.717) is 28.6 Å². The van der Waals surface area contributed by atoms with E-state index in [2.05, 4.69) is 10.6 Å². The summed E-state index contributed by atoms with van der Waals surface area (Å²) in [4.78, 5) is 24.8. The number of halogens is 3. The molecular formula is C24H19F3N2O2. The fourth-order valence-corrected chi connectivity index (χ4v) is 2.94. The summed E-state index contributed by atoms with van der Waals surface area (Å²) >= 11 is 0. The average molecular weight is 424 g/mol. The van der Waals surface area contributed by atoms with E-state index < -0.39 is 17.7 Å². The van der Waals surface area contributed by atoms with Gasteiger partial charge in [-0.15, -0.1) is 0 Å². The van der Waals surface area contributed by atoms with Crippen LogP contribution in [0.15, 0.2) is 84.9 Å². The highest BCUT2D eigenvalue weighted by Gasteiger charge is 2.35. The molecule has 0 aliphatic carbocycles. The van der Waals surface area contributed by atoms with Crippen LogP contribution in [0, 0.1) is 6.92 Å². The third-order valence-corrected chi connectivity index (χ3v) is 4.54. The number of benzene rings is 3. The number of allylic oxidation sites excluding steroid dienone is 1. The van der Waals surface area contributed by atoms with Gasteiger partial charge in [-0.25, -0.2) is 0 Å². The first-order chi connectivity index (χ1) is 14.8. The van der Waals surface area contributed by atoms with Gasteiger partial charge in [-0.3, -0.25) is 9.59 Å². The Morgan fingerprint density at radius 2 is 1.26 bits per heavy atom. The van der Waals surface area contributed by atoms with Gasteiger partial charge in [0.25, 0.3) is 5.91 Å². The number of nitrogens with one attached hydrogen (secondary N) is 2. The van der Waals surface area contributed by atoms with E-state index in [1.807, 2.05) is 0 Å². The van der Waals surface area contributed by atoms with E-state index >= 15 is 0 Å². The lowest BCUT2D eigenvalue weighted by Gasteiger charge is -2.14. The van der Waals surface area contributed by atoms with Gasteiger partial charge in [-0.05, 0) is 42.3 Å². The van der Waals surface area contributed by atoms with Crippen molar-refractivity contribution < 1.29 is 22.8 Å². The zero-order valence-electron chi connectivity index (χ0n) is 16.5. The van der Waals surface area contributed by atoms with Gasteiger partial charge in [0, 0.05) is 23.0 Å². The van der Waals surface area contributed by atoms with Crippen LogP contribution in [-0.2, 0) is 4.79 Å². The molecule has 7 heteroatoms. The highest BCUT2D eigenvalue weighted by molar-refractivity contribution is 6.07. The summed E-state index contributed by atoms with van der Waals surface area (Å²) in [5.74, 6) is -1.26. The molecule has 4 nitrogen and oxygen atoms in total. The van der Waals surface area contributed by atoms with Crippen molar-refractivity contribution >= 4 is 28.8 Å². The lowest BCUT2D eigenvalue weighted by Crippen LogP contribution is -2.17. The van der Waals surface area contributed by atoms with E-state index in [4.69, 9.17) is 0 Å². The second-order valence-corrected chi connectivity index (χ2v) is 6.71. The molecule has 3 aromatic rings. The predicted molar refractivity (Wildman–Crippen MR) is 115 cm³/mol. The molecule has 31 heavy (non-hydrogen) atoms. The summed E-state index contributed by atoms with van der Waals surface area (Å²) in [5.41, 5.74) is 0.553. The summed E-state index contributed by atoms with van der Waals surface area (Å²) in [6.45, 7) is 1.65. The Morgan fingerprint density at radius 1 is 0.742 bits per heavy atom. The van der Waals surface area contributed by atoms with Crippen molar-refractivity contribution in [1.29, 1.82) is 0 Å². The molecule has 0 spiro atoms. The Kier molecular flexibility index (Phi) is 6.55. The molecule has 3 aromatic carbocycles. The number of rotatable bonds is 5. The molecule has 0 bridgehead atoms. The second kappa shape index (κ2) is 9.30. The van der Waals surface area contributed by atoms with Gasteiger partial charge in [-0.1, -0.05) is 54.6 Å². The monoisotopic (exact) mass is 424 g/mol. The predicted octanol–water partition coefficient (Wildman–Crippen LogP) is 5.83. The molecule has 3 rings (SSSR count). The molecule has 0 atom stereocenters. The summed E-state index contributed by atoms with van der Waals surface area (Å²) in [5, 5.41) is 5.21. The molecule has 0 aliphatic rings. The normalized spacial score (nSPS) is 11.7. The molecular weight excluding hydrogens is 405 g/mol. The number of amides is 2. The van der Waals surface area contributed by atoms with Gasteiger partial charge in [0.1, 0.15) is 0 Å². The van der Waals surface area contributed by atoms with Crippen LogP contribution in [0.3, 0.4) is 0 Å². The minimum Gasteiger partial charge on any atom is -0.322 e. The number of carbonyl (C=O) groups excluding carboxylic acids is 2. The lowest BCUT2D eigenvalue weighted by molar-refractivity contribution is -0.112. The molecule has 2 amide bonds. The fourth-order valence-electron chi connectivity index (χ4n) is 2.94. The highest BCUT2D eigenvalue weighted by Crippen LogP contribution is 2.34. The summed E-state index contributed by atoms with van der Waals surface area (Å²) in [6, 6.07) is 20.5. The Labute approximate surface area is 177 Å². The molecule has 0 heterocycles. The van der Waals surface area contributed by atoms with Gasteiger partial charge in [-0.2, -0.15) is 13.2 Å². The van der Waals surface area contributed by atoms with Gasteiger partial charge in [0.15, 0.2) is 0 Å². The molecule has 0 radical (unpaired) electrons. The van der Waals surface area contributed by atoms with Crippen molar-refractivity contribution in [1.82, 2.24) is 0 Å². The highest BCUT2D eigenvalue weighted by atomic mass is 19.4. The molecule has 0 aromatic heterocycles. The number of carbonyl (C=O) groups is 2. The second-order valence-electron chi connectivity index (χ2n) is 6.71. The third kappa shape index (κ3) is 5.60. The number of hydrogen-bond donors (Lipinski definition) is 2. The molecule has 0 unspecified atom stereocenters. The fraction of sp³-hybridized carbons (Fsp3) is 0.0833. The quantitative estimate of drug-likeness (QED) is 0.506. The Bertz CT molecular complexity index is 1110. The molecule has 0 aliphatic heterocycles. The van der Waals surface area contributed by atoms with E-state index in [1.54, 1.807) is 61.5 Å². The van der Waals surface area contributed by atoms with Crippen molar-refractivity contribution in [3.05, 3.63) is 102 Å². The van der Waals surface area contributed by atoms with Crippen LogP contribution in [0.2, 0.25) is 0 Å². The Morgan fingerprint density at radius 3 is 1.81 bits per heavy atom. The maximum Gasteiger partial charge on any atom is 0.417 e. The summed E-state index contributed by atoms with van der Waals surface area (Å²) in [7, 11) is 0. The first-order valence-corrected chi connectivity index (χ1v) is 9.37. The summed E-state index contributed by atoms with van der Waals surface area (Å²) < 4.78 is 40.4. The molecule has 158 valence electrons. The minimum absolute atomic E-state index is 0.106. The van der Waals surface area contributed by atoms with Gasteiger partial charge >= 0.3 is 6.18 Å². The topological polar surface area (TPSA) is 58.2 Å². The van der Waals surface area contributed by atoms with Crippen molar-refractivity contribution in [2.45, 2.75) is 13.1 Å². The van der Waals surface area contributed by atoms with Crippen LogP contribution in [0.5, 0.6) is 0 Å². The van der Waals surface area contributed by atoms with E-state index in [-0.39, 0.29) is 11.5 Å². The van der Waals surface area contributed by atoms with E-state index in [9.17, 15) is 22.8 Å². The van der Waals surface area contributed by atoms with Crippen LogP contribution < -0.4 is 10.6 Å². The zero-order valence-corrected chi connectivity index (χ0v) is 16.5. The standard InChI is InChI=1S/C24H19F3N2O2/c1-16-20(13-8-14-21(16)29-23(31)18-11-6-3-7-12-18)28-22(30)15-19(24(25,26)27)17-9-4-2-5-10-17/h2-15H,1H3,(H,28,30)(H,29,31)/b19-15-. The Balaban J connectivity index is 1.82. The van der Waals surface area contributed by atoms with Gasteiger partial charge in [0.2, 0.25) is 5.91 Å². The van der Waals surface area contributed by atoms with Gasteiger partial charge < -0.3 is 10.6 Å². The van der Waals surface area contributed by atoms with Crippen molar-refractivity contribution in [2.75, 3.05) is 10.6 Å². The maximum absolute atomic E-state index is 13.5. The first kappa shape index (κ1) is 21.8. The van der Waals surface area contributed by atoms with Crippen LogP contribution in [0.4, 0.5) is 24.5 Å². The zero-order chi connectivity index (χ0) is 22.4. The molecule has 0 fully saturated rings. The minimum atomic E-state index is -4.70. The molecule has 2 N–H and O–H groups in total. The number of anilines is 2. The number of hydrogen-bond acceptors (Lipinski definition) is 2. The third-order valence-electron chi connectivity index (χ3n) is 4.54. The summed E-state index contributed by atoms with van der Waals surface area (Å²) in [6.07, 6.45) is -4.16. The SMILES string of the molecule is Cc1c(NC(=O)/C=C(/c2ccccc2)C(F)(F)F)cccc1NC(=O)c1ccccc1.